The van der Waals surface area contributed by atoms with Gasteiger partial charge in [0, 0.05) is 19.1 Å². The summed E-state index contributed by atoms with van der Waals surface area (Å²) in [5, 5.41) is 3.33. The van der Waals surface area contributed by atoms with Gasteiger partial charge in [-0.15, -0.1) is 0 Å². The number of carbonyl (C=O) groups is 2. The van der Waals surface area contributed by atoms with Crippen LogP contribution >= 0.6 is 0 Å². The fourth-order valence-electron chi connectivity index (χ4n) is 5.62. The second-order valence-corrected chi connectivity index (χ2v) is 10.0. The number of fused-ring (bicyclic) bond motifs is 1. The Kier molecular flexibility index (Phi) is 7.39. The molecule has 0 aliphatic carbocycles. The molecule has 3 aliphatic rings. The van der Waals surface area contributed by atoms with Crippen molar-refractivity contribution in [3.8, 4) is 5.75 Å². The van der Waals surface area contributed by atoms with Gasteiger partial charge in [-0.1, -0.05) is 24.6 Å². The molecule has 32 heavy (non-hydrogen) atoms. The van der Waals surface area contributed by atoms with Crippen LogP contribution in [0, 0.1) is 5.41 Å². The zero-order valence-corrected chi connectivity index (χ0v) is 19.8. The lowest BCUT2D eigenvalue weighted by Gasteiger charge is -2.45. The van der Waals surface area contributed by atoms with E-state index in [9.17, 15) is 9.59 Å². The Morgan fingerprint density at radius 1 is 1.09 bits per heavy atom. The highest BCUT2D eigenvalue weighted by Crippen LogP contribution is 2.40. The number of carbonyl (C=O) groups excluding carboxylic acids is 2. The van der Waals surface area contributed by atoms with Crippen molar-refractivity contribution >= 4 is 11.8 Å². The number of benzene rings is 1. The molecule has 2 saturated heterocycles. The molecule has 3 aliphatic heterocycles. The second kappa shape index (κ2) is 10.2. The number of piperidine rings is 1. The van der Waals surface area contributed by atoms with Crippen LogP contribution in [0.15, 0.2) is 24.3 Å². The van der Waals surface area contributed by atoms with Crippen molar-refractivity contribution in [2.45, 2.75) is 77.3 Å². The summed E-state index contributed by atoms with van der Waals surface area (Å²) in [6.07, 6.45) is 7.49. The number of rotatable bonds is 2. The fourth-order valence-corrected chi connectivity index (χ4v) is 5.62. The smallest absolute Gasteiger partial charge is 0.239 e. The van der Waals surface area contributed by atoms with Crippen LogP contribution in [0.1, 0.15) is 64.4 Å². The number of para-hydroxylation sites is 1. The van der Waals surface area contributed by atoms with Gasteiger partial charge in [-0.25, -0.2) is 0 Å². The maximum absolute atomic E-state index is 13.9. The lowest BCUT2D eigenvalue weighted by molar-refractivity contribution is -0.151. The minimum absolute atomic E-state index is 0.0274. The maximum Gasteiger partial charge on any atom is 0.239 e. The summed E-state index contributed by atoms with van der Waals surface area (Å²) in [6, 6.07) is 8.38. The molecule has 0 radical (unpaired) electrons. The molecule has 0 unspecified atom stereocenters. The Morgan fingerprint density at radius 3 is 2.59 bits per heavy atom. The van der Waals surface area contributed by atoms with Crippen LogP contribution in [0.3, 0.4) is 0 Å². The van der Waals surface area contributed by atoms with E-state index < -0.39 is 0 Å². The number of ether oxygens (including phenoxy) is 1. The van der Waals surface area contributed by atoms with E-state index in [1.165, 1.54) is 5.56 Å². The minimum atomic E-state index is -0.358. The van der Waals surface area contributed by atoms with Gasteiger partial charge in [-0.3, -0.25) is 9.59 Å². The van der Waals surface area contributed by atoms with E-state index in [1.807, 2.05) is 21.9 Å². The lowest BCUT2D eigenvalue weighted by atomic mass is 9.72. The van der Waals surface area contributed by atoms with Crippen LogP contribution in [0.25, 0.3) is 0 Å². The van der Waals surface area contributed by atoms with Gasteiger partial charge in [-0.05, 0) is 77.0 Å². The number of nitrogens with one attached hydrogen (secondary N) is 1. The first-order chi connectivity index (χ1) is 15.5. The Balaban J connectivity index is 1.49. The zero-order valence-electron chi connectivity index (χ0n) is 19.8. The summed E-state index contributed by atoms with van der Waals surface area (Å²) in [4.78, 5) is 30.8. The number of likely N-dealkylation sites (tertiary alicyclic amines) is 1. The highest BCUT2D eigenvalue weighted by atomic mass is 16.5. The monoisotopic (exact) mass is 441 g/mol. The van der Waals surface area contributed by atoms with Gasteiger partial charge in [0.25, 0.3) is 0 Å². The molecule has 0 saturated carbocycles. The summed E-state index contributed by atoms with van der Waals surface area (Å²) in [5.74, 6) is 1.44. The Bertz CT molecular complexity index is 795. The third-order valence-corrected chi connectivity index (χ3v) is 7.64. The van der Waals surface area contributed by atoms with Crippen LogP contribution in [0.2, 0.25) is 0 Å². The summed E-state index contributed by atoms with van der Waals surface area (Å²) in [5.41, 5.74) is 0.900. The number of hydrogen-bond donors (Lipinski definition) is 1. The molecule has 4 rings (SSSR count). The Morgan fingerprint density at radius 2 is 1.88 bits per heavy atom. The first-order valence-corrected chi connectivity index (χ1v) is 12.5. The van der Waals surface area contributed by atoms with Crippen molar-refractivity contribution in [3.05, 3.63) is 29.8 Å². The first kappa shape index (κ1) is 23.1. The molecule has 1 N–H and O–H groups in total. The topological polar surface area (TPSA) is 61.9 Å². The summed E-state index contributed by atoms with van der Waals surface area (Å²) in [6.45, 7) is 7.60. The molecular formula is C26H39N3O3. The van der Waals surface area contributed by atoms with Crippen molar-refractivity contribution < 1.29 is 14.3 Å². The molecule has 176 valence electrons. The minimum Gasteiger partial charge on any atom is -0.491 e. The molecule has 1 aromatic rings. The first-order valence-electron chi connectivity index (χ1n) is 12.5. The van der Waals surface area contributed by atoms with Crippen molar-refractivity contribution in [2.24, 2.45) is 5.41 Å². The third-order valence-electron chi connectivity index (χ3n) is 7.64. The average molecular weight is 442 g/mol. The van der Waals surface area contributed by atoms with Gasteiger partial charge < -0.3 is 19.9 Å². The van der Waals surface area contributed by atoms with Crippen molar-refractivity contribution in [1.82, 2.24) is 15.1 Å². The largest absolute Gasteiger partial charge is 0.491 e. The highest BCUT2D eigenvalue weighted by Gasteiger charge is 2.45. The quantitative estimate of drug-likeness (QED) is 0.764. The predicted molar refractivity (Wildman–Crippen MR) is 126 cm³/mol. The normalized spacial score (nSPS) is 24.6. The zero-order chi connectivity index (χ0) is 22.6. The van der Waals surface area contributed by atoms with E-state index in [0.717, 1.165) is 63.7 Å². The number of nitrogens with zero attached hydrogens (tertiary/aromatic N) is 2. The van der Waals surface area contributed by atoms with E-state index in [1.54, 1.807) is 0 Å². The SMILES string of the molecule is CC(C)N1CCOc2ccccc2CCCCC2(CCN(C(=O)[C@H]3CCCN3)CC2)C1=O. The van der Waals surface area contributed by atoms with Crippen LogP contribution in [0.4, 0.5) is 0 Å². The van der Waals surface area contributed by atoms with Crippen LogP contribution in [-0.2, 0) is 16.0 Å². The Hall–Kier alpha value is -2.08. The molecule has 6 nitrogen and oxygen atoms in total. The van der Waals surface area contributed by atoms with Gasteiger partial charge in [0.05, 0.1) is 18.0 Å². The summed E-state index contributed by atoms with van der Waals surface area (Å²) in [7, 11) is 0. The second-order valence-electron chi connectivity index (χ2n) is 10.0. The van der Waals surface area contributed by atoms with Gasteiger partial charge >= 0.3 is 0 Å². The molecule has 3 heterocycles. The fraction of sp³-hybridized carbons (Fsp3) is 0.692. The molecular weight excluding hydrogens is 402 g/mol. The van der Waals surface area contributed by atoms with Gasteiger partial charge in [0.2, 0.25) is 11.8 Å². The highest BCUT2D eigenvalue weighted by molar-refractivity contribution is 5.85. The number of amides is 2. The summed E-state index contributed by atoms with van der Waals surface area (Å²) < 4.78 is 6.12. The van der Waals surface area contributed by atoms with E-state index in [0.29, 0.717) is 26.2 Å². The molecule has 6 heteroatoms. The van der Waals surface area contributed by atoms with E-state index in [4.69, 9.17) is 4.74 Å². The standard InChI is InChI=1S/C26H39N3O3/c1-20(2)29-18-19-32-23-11-4-3-8-21(23)9-5-6-12-26(25(29)31)13-16-28(17-14-26)24(30)22-10-7-15-27-22/h3-4,8,11,20,22,27H,5-7,9-10,12-19H2,1-2H3/t22-/m1/s1. The van der Waals surface area contributed by atoms with Crippen LogP contribution in [0.5, 0.6) is 5.75 Å². The van der Waals surface area contributed by atoms with Gasteiger partial charge in [-0.2, -0.15) is 0 Å². The van der Waals surface area contributed by atoms with Crippen LogP contribution in [-0.4, -0.2) is 66.5 Å². The molecule has 0 bridgehead atoms. The molecule has 0 aromatic heterocycles. The molecule has 1 atom stereocenters. The summed E-state index contributed by atoms with van der Waals surface area (Å²) >= 11 is 0. The lowest BCUT2D eigenvalue weighted by Crippen LogP contribution is -2.55. The van der Waals surface area contributed by atoms with E-state index in [2.05, 4.69) is 31.3 Å². The molecule has 2 fully saturated rings. The number of hydrogen-bond acceptors (Lipinski definition) is 4. The van der Waals surface area contributed by atoms with E-state index in [-0.39, 0.29) is 29.3 Å². The molecule has 2 amide bonds. The van der Waals surface area contributed by atoms with Crippen molar-refractivity contribution in [1.29, 1.82) is 0 Å². The van der Waals surface area contributed by atoms with Gasteiger partial charge in [0.15, 0.2) is 0 Å². The van der Waals surface area contributed by atoms with Crippen LogP contribution < -0.4 is 10.1 Å². The van der Waals surface area contributed by atoms with Gasteiger partial charge in [0.1, 0.15) is 12.4 Å². The predicted octanol–water partition coefficient (Wildman–Crippen LogP) is 3.39. The molecule has 1 aromatic carbocycles. The van der Waals surface area contributed by atoms with E-state index >= 15 is 0 Å². The average Bonchev–Trinajstić information content (AvgIpc) is 3.34. The number of aryl methyl sites for hydroxylation is 1. The maximum atomic E-state index is 13.9. The van der Waals surface area contributed by atoms with Crippen molar-refractivity contribution in [3.63, 3.8) is 0 Å². The Labute approximate surface area is 192 Å². The van der Waals surface area contributed by atoms with Crippen molar-refractivity contribution in [2.75, 3.05) is 32.8 Å². The third kappa shape index (κ3) is 4.95. The molecule has 1 spiro atoms.